The van der Waals surface area contributed by atoms with Crippen molar-refractivity contribution in [3.05, 3.63) is 83.2 Å². The largest absolute Gasteiger partial charge is 0.493 e. The first kappa shape index (κ1) is 28.1. The van der Waals surface area contributed by atoms with Crippen LogP contribution in [-0.2, 0) is 21.7 Å². The molecule has 3 aromatic rings. The molecule has 8 heteroatoms. The SMILES string of the molecule is CCOC(=O)Cc1ccc(OC)c(Oc2ccc(NC(=O)c3ccc(F)cc3)cc2CSC(C)(C)C)c1. The number of esters is 1. The van der Waals surface area contributed by atoms with Gasteiger partial charge in [0.15, 0.2) is 11.5 Å². The van der Waals surface area contributed by atoms with Gasteiger partial charge in [-0.1, -0.05) is 26.8 Å². The molecule has 0 bridgehead atoms. The zero-order valence-corrected chi connectivity index (χ0v) is 22.5. The van der Waals surface area contributed by atoms with Gasteiger partial charge < -0.3 is 19.5 Å². The average Bonchev–Trinajstić information content (AvgIpc) is 2.84. The zero-order chi connectivity index (χ0) is 27.0. The minimum atomic E-state index is -0.402. The fourth-order valence-electron chi connectivity index (χ4n) is 3.38. The Morgan fingerprint density at radius 2 is 1.65 bits per heavy atom. The number of halogens is 1. The third kappa shape index (κ3) is 8.53. The zero-order valence-electron chi connectivity index (χ0n) is 21.7. The fraction of sp³-hybridized carbons (Fsp3) is 0.310. The predicted molar refractivity (Wildman–Crippen MR) is 145 cm³/mol. The van der Waals surface area contributed by atoms with Crippen molar-refractivity contribution in [3.63, 3.8) is 0 Å². The Labute approximate surface area is 221 Å². The van der Waals surface area contributed by atoms with Crippen molar-refractivity contribution in [2.24, 2.45) is 0 Å². The van der Waals surface area contributed by atoms with E-state index in [2.05, 4.69) is 26.1 Å². The Kier molecular flexibility index (Phi) is 9.58. The van der Waals surface area contributed by atoms with Crippen molar-refractivity contribution in [2.75, 3.05) is 19.0 Å². The summed E-state index contributed by atoms with van der Waals surface area (Å²) in [7, 11) is 1.55. The van der Waals surface area contributed by atoms with Crippen LogP contribution in [0.25, 0.3) is 0 Å². The van der Waals surface area contributed by atoms with E-state index in [0.717, 1.165) is 11.1 Å². The summed E-state index contributed by atoms with van der Waals surface area (Å²) in [6, 6.07) is 16.1. The van der Waals surface area contributed by atoms with Crippen LogP contribution in [0.1, 0.15) is 49.2 Å². The van der Waals surface area contributed by atoms with Gasteiger partial charge in [-0.15, -0.1) is 0 Å². The van der Waals surface area contributed by atoms with Crippen molar-refractivity contribution >= 4 is 29.3 Å². The number of benzene rings is 3. The highest BCUT2D eigenvalue weighted by molar-refractivity contribution is 7.99. The van der Waals surface area contributed by atoms with Gasteiger partial charge in [0.05, 0.1) is 20.1 Å². The van der Waals surface area contributed by atoms with Gasteiger partial charge in [0, 0.05) is 27.3 Å². The molecule has 1 N–H and O–H groups in total. The van der Waals surface area contributed by atoms with Crippen LogP contribution in [0, 0.1) is 5.82 Å². The summed E-state index contributed by atoms with van der Waals surface area (Å²) in [6.45, 7) is 8.46. The number of nitrogens with one attached hydrogen (secondary N) is 1. The highest BCUT2D eigenvalue weighted by Crippen LogP contribution is 2.38. The van der Waals surface area contributed by atoms with Crippen molar-refractivity contribution in [1.82, 2.24) is 0 Å². The molecule has 0 heterocycles. The second-order valence-corrected chi connectivity index (χ2v) is 11.1. The van der Waals surface area contributed by atoms with E-state index in [9.17, 15) is 14.0 Å². The van der Waals surface area contributed by atoms with Gasteiger partial charge in [-0.3, -0.25) is 9.59 Å². The Balaban J connectivity index is 1.89. The fourth-order valence-corrected chi connectivity index (χ4v) is 4.19. The maximum atomic E-state index is 13.2. The lowest BCUT2D eigenvalue weighted by Gasteiger charge is -2.20. The molecule has 0 unspecified atom stereocenters. The molecule has 0 fully saturated rings. The number of ether oxygens (including phenoxy) is 3. The van der Waals surface area contributed by atoms with Crippen LogP contribution in [-0.4, -0.2) is 30.3 Å². The molecule has 0 aliphatic carbocycles. The lowest BCUT2D eigenvalue weighted by Crippen LogP contribution is -2.12. The van der Waals surface area contributed by atoms with Crippen LogP contribution in [0.2, 0.25) is 0 Å². The third-order valence-electron chi connectivity index (χ3n) is 5.19. The van der Waals surface area contributed by atoms with Gasteiger partial charge in [0.25, 0.3) is 5.91 Å². The molecule has 0 spiro atoms. The van der Waals surface area contributed by atoms with Crippen LogP contribution in [0.4, 0.5) is 10.1 Å². The summed E-state index contributed by atoms with van der Waals surface area (Å²) in [5.74, 6) is 1.16. The second kappa shape index (κ2) is 12.6. The minimum Gasteiger partial charge on any atom is -0.493 e. The Hall–Kier alpha value is -3.52. The summed E-state index contributed by atoms with van der Waals surface area (Å²) >= 11 is 1.74. The highest BCUT2D eigenvalue weighted by Gasteiger charge is 2.17. The summed E-state index contributed by atoms with van der Waals surface area (Å²) < 4.78 is 30.1. The van der Waals surface area contributed by atoms with E-state index in [1.807, 2.05) is 6.07 Å². The number of carbonyl (C=O) groups excluding carboxylic acids is 2. The summed E-state index contributed by atoms with van der Waals surface area (Å²) in [5.41, 5.74) is 2.56. The molecule has 0 aromatic heterocycles. The molecule has 0 aliphatic heterocycles. The number of hydrogen-bond donors (Lipinski definition) is 1. The molecule has 0 radical (unpaired) electrons. The highest BCUT2D eigenvalue weighted by atomic mass is 32.2. The van der Waals surface area contributed by atoms with Crippen molar-refractivity contribution < 1.29 is 28.2 Å². The summed E-state index contributed by atoms with van der Waals surface area (Å²) in [5, 5.41) is 2.87. The van der Waals surface area contributed by atoms with Gasteiger partial charge in [-0.05, 0) is 67.1 Å². The summed E-state index contributed by atoms with van der Waals surface area (Å²) in [6.07, 6.45) is 0.120. The van der Waals surface area contributed by atoms with E-state index in [-0.39, 0.29) is 23.0 Å². The molecule has 0 atom stereocenters. The van der Waals surface area contributed by atoms with E-state index in [4.69, 9.17) is 14.2 Å². The van der Waals surface area contributed by atoms with Gasteiger partial charge in [0.1, 0.15) is 11.6 Å². The number of anilines is 1. The molecular weight excluding hydrogens is 493 g/mol. The smallest absolute Gasteiger partial charge is 0.310 e. The lowest BCUT2D eigenvalue weighted by molar-refractivity contribution is -0.142. The second-order valence-electron chi connectivity index (χ2n) is 9.25. The van der Waals surface area contributed by atoms with Crippen LogP contribution in [0.15, 0.2) is 60.7 Å². The molecular formula is C29H32FNO5S. The Morgan fingerprint density at radius 3 is 2.30 bits per heavy atom. The number of rotatable bonds is 10. The van der Waals surface area contributed by atoms with Crippen LogP contribution in [0.3, 0.4) is 0 Å². The molecule has 3 aromatic carbocycles. The average molecular weight is 526 g/mol. The number of methoxy groups -OCH3 is 1. The number of carbonyl (C=O) groups is 2. The van der Waals surface area contributed by atoms with E-state index < -0.39 is 5.82 Å². The molecule has 0 aliphatic rings. The van der Waals surface area contributed by atoms with E-state index >= 15 is 0 Å². The molecule has 3 rings (SSSR count). The number of amides is 1. The van der Waals surface area contributed by atoms with E-state index in [0.29, 0.717) is 40.9 Å². The molecule has 1 amide bonds. The topological polar surface area (TPSA) is 73.9 Å². The van der Waals surface area contributed by atoms with Crippen LogP contribution < -0.4 is 14.8 Å². The van der Waals surface area contributed by atoms with Gasteiger partial charge >= 0.3 is 5.97 Å². The van der Waals surface area contributed by atoms with E-state index in [1.165, 1.54) is 24.3 Å². The lowest BCUT2D eigenvalue weighted by atomic mass is 10.1. The maximum absolute atomic E-state index is 13.2. The summed E-state index contributed by atoms with van der Waals surface area (Å²) in [4.78, 5) is 24.6. The standard InChI is InChI=1S/C29H32FNO5S/c1-6-35-27(32)16-19-7-13-25(34-5)26(15-19)36-24-14-12-23(17-21(24)18-37-29(2,3)4)31-28(33)20-8-10-22(30)11-9-20/h7-15,17H,6,16,18H2,1-5H3,(H,31,33). The van der Waals surface area contributed by atoms with Gasteiger partial charge in [-0.25, -0.2) is 4.39 Å². The predicted octanol–water partition coefficient (Wildman–Crippen LogP) is 7.02. The first-order chi connectivity index (χ1) is 17.6. The van der Waals surface area contributed by atoms with E-state index in [1.54, 1.807) is 56.1 Å². The van der Waals surface area contributed by atoms with Crippen molar-refractivity contribution in [2.45, 2.75) is 44.6 Å². The maximum Gasteiger partial charge on any atom is 0.310 e. The third-order valence-corrected chi connectivity index (χ3v) is 6.51. The quantitative estimate of drug-likeness (QED) is 0.287. The Morgan fingerprint density at radius 1 is 0.946 bits per heavy atom. The molecule has 196 valence electrons. The minimum absolute atomic E-state index is 0.00187. The first-order valence-corrected chi connectivity index (χ1v) is 12.9. The van der Waals surface area contributed by atoms with Crippen LogP contribution >= 0.6 is 11.8 Å². The number of hydrogen-bond acceptors (Lipinski definition) is 6. The molecule has 37 heavy (non-hydrogen) atoms. The molecule has 6 nitrogen and oxygen atoms in total. The monoisotopic (exact) mass is 525 g/mol. The molecule has 0 saturated carbocycles. The van der Waals surface area contributed by atoms with Gasteiger partial charge in [0.2, 0.25) is 0 Å². The van der Waals surface area contributed by atoms with Gasteiger partial charge in [-0.2, -0.15) is 11.8 Å². The first-order valence-electron chi connectivity index (χ1n) is 11.9. The van der Waals surface area contributed by atoms with Crippen molar-refractivity contribution in [1.29, 1.82) is 0 Å². The normalized spacial score (nSPS) is 11.1. The Bertz CT molecular complexity index is 1240. The molecule has 0 saturated heterocycles. The van der Waals surface area contributed by atoms with Crippen LogP contribution in [0.5, 0.6) is 17.2 Å². The van der Waals surface area contributed by atoms with Crippen molar-refractivity contribution in [3.8, 4) is 17.2 Å². The number of thioether (sulfide) groups is 1.